The van der Waals surface area contributed by atoms with E-state index in [4.69, 9.17) is 12.2 Å². The van der Waals surface area contributed by atoms with E-state index in [2.05, 4.69) is 20.5 Å². The van der Waals surface area contributed by atoms with Gasteiger partial charge in [-0.05, 0) is 117 Å². The minimum atomic E-state index is -0.445. The Hall–Kier alpha value is -3.81. The summed E-state index contributed by atoms with van der Waals surface area (Å²) in [6.45, 7) is 8.00. The molecule has 3 aromatic carbocycles. The zero-order chi connectivity index (χ0) is 27.1. The lowest BCUT2D eigenvalue weighted by atomic mass is 10.0. The van der Waals surface area contributed by atoms with Gasteiger partial charge in [-0.1, -0.05) is 40.2 Å². The number of rotatable bonds is 4. The van der Waals surface area contributed by atoms with Gasteiger partial charge in [0.05, 0.1) is 11.4 Å². The first kappa shape index (κ1) is 25.8. The average Bonchev–Trinajstić information content (AvgIpc) is 3.17. The number of anilines is 2. The van der Waals surface area contributed by atoms with E-state index in [9.17, 15) is 9.59 Å². The molecule has 4 aromatic rings. The van der Waals surface area contributed by atoms with Crippen molar-refractivity contribution >= 4 is 62.5 Å². The van der Waals surface area contributed by atoms with Crippen LogP contribution < -0.4 is 9.80 Å². The molecule has 1 aliphatic rings. The standard InChI is InChI=1S/C31H26BrN3O2S/c1-19-10-13-27(16-20(19)2)35-30(37)28(29(36)34(31(35)38)25-8-6-5-7-9-25)18-23-17-21(3)33(22(23)4)26-14-11-24(32)12-15-26/h5-18H,1-4H3. The fourth-order valence-electron chi connectivity index (χ4n) is 4.70. The predicted octanol–water partition coefficient (Wildman–Crippen LogP) is 7.22. The van der Waals surface area contributed by atoms with Gasteiger partial charge in [0.1, 0.15) is 5.57 Å². The molecule has 0 saturated carbocycles. The van der Waals surface area contributed by atoms with Gasteiger partial charge in [0.25, 0.3) is 11.8 Å². The third-order valence-electron chi connectivity index (χ3n) is 6.87. The molecule has 0 N–H and O–H groups in total. The van der Waals surface area contributed by atoms with Gasteiger partial charge in [-0.15, -0.1) is 0 Å². The highest BCUT2D eigenvalue weighted by Gasteiger charge is 2.41. The molecule has 7 heteroatoms. The van der Waals surface area contributed by atoms with Crippen LogP contribution in [0.1, 0.15) is 28.1 Å². The number of nitrogens with zero attached hydrogens (tertiary/aromatic N) is 3. The zero-order valence-electron chi connectivity index (χ0n) is 21.5. The monoisotopic (exact) mass is 583 g/mol. The second-order valence-corrected chi connectivity index (χ2v) is 10.6. The SMILES string of the molecule is Cc1ccc(N2C(=O)C(=Cc3cc(C)n(-c4ccc(Br)cc4)c3C)C(=O)N(c3ccccc3)C2=S)cc1C. The first-order valence-corrected chi connectivity index (χ1v) is 13.4. The lowest BCUT2D eigenvalue weighted by Gasteiger charge is -2.36. The van der Waals surface area contributed by atoms with Crippen molar-refractivity contribution in [3.63, 3.8) is 0 Å². The van der Waals surface area contributed by atoms with Crippen molar-refractivity contribution in [2.45, 2.75) is 27.7 Å². The second kappa shape index (κ2) is 10.2. The van der Waals surface area contributed by atoms with E-state index in [0.29, 0.717) is 11.4 Å². The van der Waals surface area contributed by atoms with Crippen LogP contribution in [0.5, 0.6) is 0 Å². The molecule has 1 saturated heterocycles. The van der Waals surface area contributed by atoms with E-state index in [-0.39, 0.29) is 10.7 Å². The first-order chi connectivity index (χ1) is 18.2. The van der Waals surface area contributed by atoms with Crippen molar-refractivity contribution in [3.8, 4) is 5.69 Å². The summed E-state index contributed by atoms with van der Waals surface area (Å²) in [5.74, 6) is -0.886. The van der Waals surface area contributed by atoms with E-state index in [1.165, 1.54) is 9.80 Å². The Labute approximate surface area is 236 Å². The number of aryl methyl sites for hydroxylation is 3. The molecule has 0 unspecified atom stereocenters. The van der Waals surface area contributed by atoms with Gasteiger partial charge in [-0.3, -0.25) is 19.4 Å². The molecule has 190 valence electrons. The Bertz CT molecular complexity index is 1620. The van der Waals surface area contributed by atoms with E-state index < -0.39 is 11.8 Å². The fourth-order valence-corrected chi connectivity index (χ4v) is 5.34. The number of para-hydroxylation sites is 1. The van der Waals surface area contributed by atoms with Crippen molar-refractivity contribution in [1.29, 1.82) is 0 Å². The first-order valence-electron chi connectivity index (χ1n) is 12.2. The van der Waals surface area contributed by atoms with Gasteiger partial charge < -0.3 is 4.57 Å². The van der Waals surface area contributed by atoms with Crippen LogP contribution in [0.3, 0.4) is 0 Å². The molecule has 0 radical (unpaired) electrons. The Balaban J connectivity index is 1.66. The maximum atomic E-state index is 13.9. The van der Waals surface area contributed by atoms with Crippen molar-refractivity contribution in [3.05, 3.63) is 117 Å². The van der Waals surface area contributed by atoms with E-state index in [0.717, 1.165) is 38.2 Å². The summed E-state index contributed by atoms with van der Waals surface area (Å²) in [4.78, 5) is 30.7. The average molecular weight is 585 g/mol. The molecule has 5 rings (SSSR count). The lowest BCUT2D eigenvalue weighted by Crippen LogP contribution is -2.57. The maximum Gasteiger partial charge on any atom is 0.270 e. The number of hydrogen-bond acceptors (Lipinski definition) is 3. The largest absolute Gasteiger partial charge is 0.318 e. The van der Waals surface area contributed by atoms with Crippen molar-refractivity contribution in [2.24, 2.45) is 0 Å². The summed E-state index contributed by atoms with van der Waals surface area (Å²) < 4.78 is 3.10. The summed E-state index contributed by atoms with van der Waals surface area (Å²) in [7, 11) is 0. The highest BCUT2D eigenvalue weighted by Crippen LogP contribution is 2.32. The topological polar surface area (TPSA) is 45.6 Å². The number of amides is 2. The molecule has 0 aliphatic carbocycles. The van der Waals surface area contributed by atoms with Crippen LogP contribution >= 0.6 is 28.1 Å². The van der Waals surface area contributed by atoms with Crippen LogP contribution in [0, 0.1) is 27.7 Å². The number of carbonyl (C=O) groups excluding carboxylic acids is 2. The van der Waals surface area contributed by atoms with Gasteiger partial charge in [0.2, 0.25) is 0 Å². The molecule has 0 atom stereocenters. The van der Waals surface area contributed by atoms with Crippen LogP contribution in [0.15, 0.2) is 88.9 Å². The molecule has 1 aliphatic heterocycles. The fraction of sp³-hybridized carbons (Fsp3) is 0.129. The lowest BCUT2D eigenvalue weighted by molar-refractivity contribution is -0.120. The second-order valence-electron chi connectivity index (χ2n) is 9.36. The smallest absolute Gasteiger partial charge is 0.270 e. The van der Waals surface area contributed by atoms with Gasteiger partial charge in [-0.25, -0.2) is 0 Å². The van der Waals surface area contributed by atoms with Gasteiger partial charge in [0, 0.05) is 21.5 Å². The molecule has 1 fully saturated rings. The normalized spacial score (nSPS) is 15.1. The summed E-state index contributed by atoms with van der Waals surface area (Å²) in [6.07, 6.45) is 1.69. The van der Waals surface area contributed by atoms with Crippen LogP contribution in [0.25, 0.3) is 11.8 Å². The molecule has 2 heterocycles. The van der Waals surface area contributed by atoms with E-state index in [1.54, 1.807) is 6.08 Å². The minimum Gasteiger partial charge on any atom is -0.318 e. The predicted molar refractivity (Wildman–Crippen MR) is 161 cm³/mol. The number of thiocarbonyl (C=S) groups is 1. The molecule has 5 nitrogen and oxygen atoms in total. The highest BCUT2D eigenvalue weighted by atomic mass is 79.9. The molecule has 38 heavy (non-hydrogen) atoms. The zero-order valence-corrected chi connectivity index (χ0v) is 23.9. The van der Waals surface area contributed by atoms with Crippen molar-refractivity contribution in [2.75, 3.05) is 9.80 Å². The molecular formula is C31H26BrN3O2S. The molecule has 0 spiro atoms. The summed E-state index contributed by atoms with van der Waals surface area (Å²) in [6, 6.07) is 25.0. The maximum absolute atomic E-state index is 13.9. The number of aromatic nitrogens is 1. The quantitative estimate of drug-likeness (QED) is 0.145. The summed E-state index contributed by atoms with van der Waals surface area (Å²) in [5, 5.41) is 0.131. The number of benzene rings is 3. The van der Waals surface area contributed by atoms with E-state index >= 15 is 0 Å². The minimum absolute atomic E-state index is 0.0525. The van der Waals surface area contributed by atoms with Gasteiger partial charge in [-0.2, -0.15) is 0 Å². The van der Waals surface area contributed by atoms with Crippen LogP contribution in [-0.4, -0.2) is 21.5 Å². The Morgan fingerprint density at radius 1 is 0.711 bits per heavy atom. The third-order valence-corrected chi connectivity index (χ3v) is 7.76. The number of hydrogen-bond donors (Lipinski definition) is 0. The van der Waals surface area contributed by atoms with Crippen LogP contribution in [0.2, 0.25) is 0 Å². The van der Waals surface area contributed by atoms with Crippen LogP contribution in [-0.2, 0) is 9.59 Å². The Morgan fingerprint density at radius 3 is 1.95 bits per heavy atom. The summed E-state index contributed by atoms with van der Waals surface area (Å²) in [5.41, 5.74) is 7.14. The number of carbonyl (C=O) groups is 2. The third kappa shape index (κ3) is 4.52. The van der Waals surface area contributed by atoms with Crippen molar-refractivity contribution < 1.29 is 9.59 Å². The summed E-state index contributed by atoms with van der Waals surface area (Å²) >= 11 is 9.25. The highest BCUT2D eigenvalue weighted by molar-refractivity contribution is 9.10. The van der Waals surface area contributed by atoms with Crippen LogP contribution in [0.4, 0.5) is 11.4 Å². The van der Waals surface area contributed by atoms with Gasteiger partial charge >= 0.3 is 0 Å². The van der Waals surface area contributed by atoms with E-state index in [1.807, 2.05) is 107 Å². The molecular weight excluding hydrogens is 558 g/mol. The van der Waals surface area contributed by atoms with Gasteiger partial charge in [0.15, 0.2) is 5.11 Å². The Morgan fingerprint density at radius 2 is 1.32 bits per heavy atom. The Kier molecular flexibility index (Phi) is 6.90. The molecule has 2 amide bonds. The molecule has 1 aromatic heterocycles. The molecule has 0 bridgehead atoms. The van der Waals surface area contributed by atoms with Crippen molar-refractivity contribution in [1.82, 2.24) is 4.57 Å². The number of halogens is 1.